The number of fused-ring (bicyclic) bond motifs is 1. The largest absolute Gasteiger partial charge is 0.480 e. The second kappa shape index (κ2) is 4.72. The van der Waals surface area contributed by atoms with E-state index in [1.807, 2.05) is 0 Å². The molecule has 100 valence electrons. The van der Waals surface area contributed by atoms with Gasteiger partial charge in [-0.05, 0) is 32.0 Å². The Labute approximate surface area is 109 Å². The first-order valence-corrected chi connectivity index (χ1v) is 5.77. The first kappa shape index (κ1) is 13.1. The molecule has 2 unspecified atom stereocenters. The number of carboxylic acid groups (broad SMARTS) is 1. The van der Waals surface area contributed by atoms with Crippen LogP contribution >= 0.6 is 0 Å². The Morgan fingerprint density at radius 3 is 2.79 bits per heavy atom. The standard InChI is InChI=1S/C13H13NO5/c1-7(13(17)18)14-10-4-3-9(6-15)5-11(10)19-8(2)12(14)16/h3-8H,1-2H3,(H,17,18). The molecule has 2 atom stereocenters. The number of nitrogens with zero attached hydrogens (tertiary/aromatic N) is 1. The molecule has 19 heavy (non-hydrogen) atoms. The minimum atomic E-state index is -1.10. The van der Waals surface area contributed by atoms with Gasteiger partial charge in [0.25, 0.3) is 5.91 Å². The fraction of sp³-hybridized carbons (Fsp3) is 0.308. The predicted molar refractivity (Wildman–Crippen MR) is 66.5 cm³/mol. The average molecular weight is 263 g/mol. The number of amides is 1. The van der Waals surface area contributed by atoms with E-state index < -0.39 is 24.0 Å². The van der Waals surface area contributed by atoms with Gasteiger partial charge < -0.3 is 9.84 Å². The molecule has 1 aliphatic heterocycles. The number of ether oxygens (including phenoxy) is 1. The summed E-state index contributed by atoms with van der Waals surface area (Å²) >= 11 is 0. The molecule has 0 saturated heterocycles. The van der Waals surface area contributed by atoms with E-state index in [9.17, 15) is 14.4 Å². The lowest BCUT2D eigenvalue weighted by molar-refractivity contribution is -0.140. The van der Waals surface area contributed by atoms with Crippen LogP contribution in [-0.4, -0.2) is 35.4 Å². The fourth-order valence-corrected chi connectivity index (χ4v) is 1.96. The average Bonchev–Trinajstić information content (AvgIpc) is 2.39. The van der Waals surface area contributed by atoms with E-state index in [4.69, 9.17) is 9.84 Å². The highest BCUT2D eigenvalue weighted by Gasteiger charge is 2.37. The molecule has 6 heteroatoms. The van der Waals surface area contributed by atoms with Gasteiger partial charge in [0.15, 0.2) is 6.10 Å². The molecule has 0 saturated carbocycles. The van der Waals surface area contributed by atoms with E-state index in [0.717, 1.165) is 0 Å². The van der Waals surface area contributed by atoms with Crippen LogP contribution in [-0.2, 0) is 9.59 Å². The number of hydrogen-bond acceptors (Lipinski definition) is 4. The van der Waals surface area contributed by atoms with Gasteiger partial charge in [-0.3, -0.25) is 14.5 Å². The van der Waals surface area contributed by atoms with Crippen LogP contribution in [0.4, 0.5) is 5.69 Å². The first-order chi connectivity index (χ1) is 8.95. The highest BCUT2D eigenvalue weighted by atomic mass is 16.5. The Morgan fingerprint density at radius 2 is 2.21 bits per heavy atom. The van der Waals surface area contributed by atoms with Gasteiger partial charge in [0.1, 0.15) is 18.1 Å². The zero-order valence-electron chi connectivity index (χ0n) is 10.5. The monoisotopic (exact) mass is 263 g/mol. The van der Waals surface area contributed by atoms with E-state index in [-0.39, 0.29) is 0 Å². The minimum Gasteiger partial charge on any atom is -0.480 e. The number of benzene rings is 1. The number of carbonyl (C=O) groups is 3. The number of aldehydes is 1. The highest BCUT2D eigenvalue weighted by Crippen LogP contribution is 2.35. The van der Waals surface area contributed by atoms with Crippen LogP contribution in [0.25, 0.3) is 0 Å². The molecular weight excluding hydrogens is 250 g/mol. The summed E-state index contributed by atoms with van der Waals surface area (Å²) in [6.45, 7) is 2.97. The van der Waals surface area contributed by atoms with Gasteiger partial charge in [-0.2, -0.15) is 0 Å². The van der Waals surface area contributed by atoms with Crippen LogP contribution < -0.4 is 9.64 Å². The quantitative estimate of drug-likeness (QED) is 0.825. The minimum absolute atomic E-state index is 0.338. The Hall–Kier alpha value is -2.37. The molecule has 0 spiro atoms. The van der Waals surface area contributed by atoms with E-state index in [0.29, 0.717) is 23.3 Å². The van der Waals surface area contributed by atoms with E-state index in [2.05, 4.69) is 0 Å². The van der Waals surface area contributed by atoms with Crippen molar-refractivity contribution >= 4 is 23.9 Å². The second-order valence-electron chi connectivity index (χ2n) is 4.33. The molecule has 0 aliphatic carbocycles. The van der Waals surface area contributed by atoms with Crippen molar-refractivity contribution in [3.8, 4) is 5.75 Å². The summed E-state index contributed by atoms with van der Waals surface area (Å²) in [4.78, 5) is 35.1. The first-order valence-electron chi connectivity index (χ1n) is 5.77. The van der Waals surface area contributed by atoms with Crippen LogP contribution in [0.3, 0.4) is 0 Å². The number of rotatable bonds is 3. The van der Waals surface area contributed by atoms with Crippen LogP contribution in [0.1, 0.15) is 24.2 Å². The number of hydrogen-bond donors (Lipinski definition) is 1. The lowest BCUT2D eigenvalue weighted by atomic mass is 10.1. The van der Waals surface area contributed by atoms with Gasteiger partial charge in [0.2, 0.25) is 0 Å². The maximum Gasteiger partial charge on any atom is 0.326 e. The van der Waals surface area contributed by atoms with E-state index in [1.165, 1.54) is 30.0 Å². The van der Waals surface area contributed by atoms with Crippen molar-refractivity contribution in [1.29, 1.82) is 0 Å². The van der Waals surface area contributed by atoms with Crippen molar-refractivity contribution in [2.45, 2.75) is 26.0 Å². The molecule has 1 aliphatic rings. The number of carbonyl (C=O) groups excluding carboxylic acids is 2. The third-order valence-corrected chi connectivity index (χ3v) is 3.01. The third-order valence-electron chi connectivity index (χ3n) is 3.01. The Morgan fingerprint density at radius 1 is 1.53 bits per heavy atom. The molecular formula is C13H13NO5. The molecule has 1 N–H and O–H groups in total. The summed E-state index contributed by atoms with van der Waals surface area (Å²) in [6.07, 6.45) is -0.119. The molecule has 0 fully saturated rings. The van der Waals surface area contributed by atoms with Crippen LogP contribution in [0.5, 0.6) is 5.75 Å². The van der Waals surface area contributed by atoms with Gasteiger partial charge in [-0.1, -0.05) is 0 Å². The number of carboxylic acids is 1. The van der Waals surface area contributed by atoms with Gasteiger partial charge in [0.05, 0.1) is 5.69 Å². The number of aliphatic carboxylic acids is 1. The normalized spacial score (nSPS) is 19.4. The van der Waals surface area contributed by atoms with Gasteiger partial charge in [-0.25, -0.2) is 4.79 Å². The van der Waals surface area contributed by atoms with E-state index in [1.54, 1.807) is 6.92 Å². The molecule has 0 aromatic heterocycles. The zero-order valence-corrected chi connectivity index (χ0v) is 10.5. The lowest BCUT2D eigenvalue weighted by Gasteiger charge is -2.35. The summed E-state index contributed by atoms with van der Waals surface area (Å²) < 4.78 is 5.40. The van der Waals surface area contributed by atoms with Crippen molar-refractivity contribution in [3.63, 3.8) is 0 Å². The number of anilines is 1. The maximum atomic E-state index is 12.1. The summed E-state index contributed by atoms with van der Waals surface area (Å²) in [7, 11) is 0. The topological polar surface area (TPSA) is 83.9 Å². The van der Waals surface area contributed by atoms with Crippen molar-refractivity contribution in [1.82, 2.24) is 0 Å². The molecule has 1 aromatic carbocycles. The summed E-state index contributed by atoms with van der Waals surface area (Å²) in [6, 6.07) is 3.52. The Kier molecular flexibility index (Phi) is 3.25. The SMILES string of the molecule is CC1Oc2cc(C=O)ccc2N(C(C)C(=O)O)C1=O. The lowest BCUT2D eigenvalue weighted by Crippen LogP contribution is -2.51. The van der Waals surface area contributed by atoms with Gasteiger partial charge >= 0.3 is 5.97 Å². The van der Waals surface area contributed by atoms with Crippen molar-refractivity contribution in [2.24, 2.45) is 0 Å². The van der Waals surface area contributed by atoms with Crippen molar-refractivity contribution < 1.29 is 24.2 Å². The summed E-state index contributed by atoms with van der Waals surface area (Å²) in [5.41, 5.74) is 0.770. The molecule has 1 amide bonds. The van der Waals surface area contributed by atoms with Crippen molar-refractivity contribution in [2.75, 3.05) is 4.90 Å². The van der Waals surface area contributed by atoms with E-state index >= 15 is 0 Å². The molecule has 0 bridgehead atoms. The summed E-state index contributed by atoms with van der Waals surface area (Å²) in [5.74, 6) is -1.18. The molecule has 2 rings (SSSR count). The molecule has 1 heterocycles. The predicted octanol–water partition coefficient (Wildman–Crippen LogP) is 1.09. The molecule has 0 radical (unpaired) electrons. The molecule has 6 nitrogen and oxygen atoms in total. The Balaban J connectivity index is 2.53. The van der Waals surface area contributed by atoms with Crippen molar-refractivity contribution in [3.05, 3.63) is 23.8 Å². The van der Waals surface area contributed by atoms with Crippen LogP contribution in [0, 0.1) is 0 Å². The highest BCUT2D eigenvalue weighted by molar-refractivity contribution is 6.04. The third kappa shape index (κ3) is 2.16. The van der Waals surface area contributed by atoms with Crippen LogP contribution in [0.15, 0.2) is 18.2 Å². The fourth-order valence-electron chi connectivity index (χ4n) is 1.96. The molecule has 1 aromatic rings. The maximum absolute atomic E-state index is 12.1. The Bertz CT molecular complexity index is 554. The van der Waals surface area contributed by atoms with Gasteiger partial charge in [0, 0.05) is 5.56 Å². The van der Waals surface area contributed by atoms with Gasteiger partial charge in [-0.15, -0.1) is 0 Å². The smallest absolute Gasteiger partial charge is 0.326 e. The van der Waals surface area contributed by atoms with Crippen LogP contribution in [0.2, 0.25) is 0 Å². The zero-order chi connectivity index (χ0) is 14.2. The second-order valence-corrected chi connectivity index (χ2v) is 4.33. The summed E-state index contributed by atoms with van der Waals surface area (Å²) in [5, 5.41) is 9.07.